The van der Waals surface area contributed by atoms with E-state index >= 15 is 0 Å². The van der Waals surface area contributed by atoms with Crippen molar-refractivity contribution in [2.45, 2.75) is 194 Å². The van der Waals surface area contributed by atoms with Gasteiger partial charge in [-0.05, 0) is 12.8 Å². The van der Waals surface area contributed by atoms with Gasteiger partial charge in [-0.25, -0.2) is 0 Å². The Morgan fingerprint density at radius 2 is 0.743 bits per heavy atom. The molecule has 0 fully saturated rings. The van der Waals surface area contributed by atoms with Crippen LogP contribution in [0.25, 0.3) is 0 Å². The summed E-state index contributed by atoms with van der Waals surface area (Å²) < 4.78 is 0. The number of ketones is 1. The molecule has 35 heavy (non-hydrogen) atoms. The minimum atomic E-state index is -0.333. The molecule has 0 aliphatic heterocycles. The van der Waals surface area contributed by atoms with Crippen molar-refractivity contribution in [3.05, 3.63) is 0 Å². The SMILES string of the molecule is CCCCCCCCCCCCCCCC(=O)C(C=O)CCCCCCCCCCCCCCC. The van der Waals surface area contributed by atoms with Gasteiger partial charge in [-0.1, -0.05) is 174 Å². The fourth-order valence-electron chi connectivity index (χ4n) is 5.19. The average molecular weight is 493 g/mol. The number of hydrogen-bond acceptors (Lipinski definition) is 2. The Balaban J connectivity index is 3.43. The van der Waals surface area contributed by atoms with Crippen LogP contribution in [-0.4, -0.2) is 12.1 Å². The van der Waals surface area contributed by atoms with Gasteiger partial charge in [-0.3, -0.25) is 4.79 Å². The molecule has 2 nitrogen and oxygen atoms in total. The molecule has 0 saturated heterocycles. The maximum atomic E-state index is 12.4. The first-order valence-electron chi connectivity index (χ1n) is 16.2. The summed E-state index contributed by atoms with van der Waals surface area (Å²) in [6.07, 6.45) is 36.8. The number of rotatable bonds is 30. The molecule has 0 saturated carbocycles. The minimum absolute atomic E-state index is 0.196. The van der Waals surface area contributed by atoms with Gasteiger partial charge in [0.1, 0.15) is 12.1 Å². The summed E-state index contributed by atoms with van der Waals surface area (Å²) in [4.78, 5) is 23.8. The van der Waals surface area contributed by atoms with Gasteiger partial charge in [-0.15, -0.1) is 0 Å². The van der Waals surface area contributed by atoms with Crippen LogP contribution in [0, 0.1) is 5.92 Å². The van der Waals surface area contributed by atoms with E-state index in [1.54, 1.807) is 0 Å². The second kappa shape index (κ2) is 29.6. The van der Waals surface area contributed by atoms with Crippen LogP contribution in [-0.2, 0) is 9.59 Å². The van der Waals surface area contributed by atoms with Crippen LogP contribution in [0.1, 0.15) is 194 Å². The highest BCUT2D eigenvalue weighted by atomic mass is 16.1. The number of carbonyl (C=O) groups is 2. The van der Waals surface area contributed by atoms with Crippen LogP contribution < -0.4 is 0 Å². The van der Waals surface area contributed by atoms with Crippen molar-refractivity contribution in [2.24, 2.45) is 5.92 Å². The predicted molar refractivity (Wildman–Crippen MR) is 155 cm³/mol. The van der Waals surface area contributed by atoms with Crippen molar-refractivity contribution < 1.29 is 9.59 Å². The molecule has 0 aliphatic rings. The summed E-state index contributed by atoms with van der Waals surface area (Å²) in [6, 6.07) is 0. The van der Waals surface area contributed by atoms with Gasteiger partial charge in [0.2, 0.25) is 0 Å². The molecule has 0 spiro atoms. The minimum Gasteiger partial charge on any atom is -0.303 e. The summed E-state index contributed by atoms with van der Waals surface area (Å²) >= 11 is 0. The molecule has 0 rings (SSSR count). The molecular formula is C33H64O2. The second-order valence-corrected chi connectivity index (χ2v) is 11.2. The summed E-state index contributed by atoms with van der Waals surface area (Å²) in [5, 5.41) is 0. The average Bonchev–Trinajstić information content (AvgIpc) is 2.87. The normalized spacial score (nSPS) is 12.2. The highest BCUT2D eigenvalue weighted by Gasteiger charge is 2.16. The van der Waals surface area contributed by atoms with Crippen molar-refractivity contribution in [2.75, 3.05) is 0 Å². The zero-order valence-corrected chi connectivity index (χ0v) is 24.3. The number of Topliss-reactive ketones (excluding diaryl/α,β-unsaturated/α-hetero) is 1. The van der Waals surface area contributed by atoms with E-state index in [2.05, 4.69) is 13.8 Å². The third kappa shape index (κ3) is 26.2. The fourth-order valence-corrected chi connectivity index (χ4v) is 5.19. The molecule has 0 heterocycles. The van der Waals surface area contributed by atoms with Gasteiger partial charge in [0, 0.05) is 6.42 Å². The van der Waals surface area contributed by atoms with Crippen LogP contribution in [0.2, 0.25) is 0 Å². The molecule has 0 aromatic rings. The first kappa shape index (κ1) is 34.3. The van der Waals surface area contributed by atoms with Crippen molar-refractivity contribution in [3.63, 3.8) is 0 Å². The van der Waals surface area contributed by atoms with E-state index in [1.807, 2.05) is 0 Å². The molecule has 1 atom stereocenters. The summed E-state index contributed by atoms with van der Waals surface area (Å²) in [7, 11) is 0. The van der Waals surface area contributed by atoms with Gasteiger partial charge in [0.15, 0.2) is 0 Å². The molecule has 1 unspecified atom stereocenters. The third-order valence-corrected chi connectivity index (χ3v) is 7.72. The van der Waals surface area contributed by atoms with Crippen molar-refractivity contribution in [3.8, 4) is 0 Å². The largest absolute Gasteiger partial charge is 0.303 e. The molecule has 0 radical (unpaired) electrons. The Bertz CT molecular complexity index is 431. The van der Waals surface area contributed by atoms with E-state index in [1.165, 1.54) is 148 Å². The van der Waals surface area contributed by atoms with E-state index in [0.29, 0.717) is 6.42 Å². The standard InChI is InChI=1S/C33H64O2/c1-3-5-7-9-11-13-15-17-19-21-23-25-27-29-32(31-34)33(35)30-28-26-24-22-20-18-16-14-12-10-8-6-4-2/h31-32H,3-30H2,1-2H3. The quantitative estimate of drug-likeness (QED) is 0.0567. The lowest BCUT2D eigenvalue weighted by molar-refractivity contribution is -0.127. The fraction of sp³-hybridized carbons (Fsp3) is 0.939. The molecule has 0 aliphatic carbocycles. The third-order valence-electron chi connectivity index (χ3n) is 7.72. The number of hydrogen-bond donors (Lipinski definition) is 0. The highest BCUT2D eigenvalue weighted by Crippen LogP contribution is 2.17. The van der Waals surface area contributed by atoms with Gasteiger partial charge >= 0.3 is 0 Å². The van der Waals surface area contributed by atoms with E-state index in [9.17, 15) is 9.59 Å². The molecule has 0 aromatic carbocycles. The van der Waals surface area contributed by atoms with Crippen LogP contribution in [0.3, 0.4) is 0 Å². The Morgan fingerprint density at radius 3 is 1.06 bits per heavy atom. The molecule has 208 valence electrons. The second-order valence-electron chi connectivity index (χ2n) is 11.2. The van der Waals surface area contributed by atoms with Crippen LogP contribution in [0.5, 0.6) is 0 Å². The summed E-state index contributed by atoms with van der Waals surface area (Å²) in [6.45, 7) is 4.55. The van der Waals surface area contributed by atoms with E-state index in [4.69, 9.17) is 0 Å². The Kier molecular flexibility index (Phi) is 29.0. The maximum absolute atomic E-state index is 12.4. The van der Waals surface area contributed by atoms with Crippen LogP contribution in [0.15, 0.2) is 0 Å². The van der Waals surface area contributed by atoms with Gasteiger partial charge in [0.05, 0.1) is 5.92 Å². The molecule has 2 heteroatoms. The predicted octanol–water partition coefficient (Wildman–Crippen LogP) is 11.3. The first-order valence-corrected chi connectivity index (χ1v) is 16.2. The summed E-state index contributed by atoms with van der Waals surface area (Å²) in [5.74, 6) is -0.137. The van der Waals surface area contributed by atoms with Crippen LogP contribution >= 0.6 is 0 Å². The number of unbranched alkanes of at least 4 members (excludes halogenated alkanes) is 24. The zero-order valence-electron chi connectivity index (χ0n) is 24.3. The molecule has 0 amide bonds. The molecule has 0 N–H and O–H groups in total. The lowest BCUT2D eigenvalue weighted by Gasteiger charge is -2.09. The lowest BCUT2D eigenvalue weighted by Crippen LogP contribution is -2.15. The first-order chi connectivity index (χ1) is 17.3. The van der Waals surface area contributed by atoms with E-state index in [0.717, 1.165) is 32.0 Å². The van der Waals surface area contributed by atoms with Crippen molar-refractivity contribution in [1.82, 2.24) is 0 Å². The molecular weight excluding hydrogens is 428 g/mol. The van der Waals surface area contributed by atoms with Crippen molar-refractivity contribution in [1.29, 1.82) is 0 Å². The van der Waals surface area contributed by atoms with Gasteiger partial charge in [0.25, 0.3) is 0 Å². The van der Waals surface area contributed by atoms with Crippen molar-refractivity contribution >= 4 is 12.1 Å². The van der Waals surface area contributed by atoms with Gasteiger partial charge < -0.3 is 4.79 Å². The topological polar surface area (TPSA) is 34.1 Å². The monoisotopic (exact) mass is 492 g/mol. The van der Waals surface area contributed by atoms with E-state index < -0.39 is 0 Å². The van der Waals surface area contributed by atoms with Gasteiger partial charge in [-0.2, -0.15) is 0 Å². The highest BCUT2D eigenvalue weighted by molar-refractivity contribution is 5.93. The summed E-state index contributed by atoms with van der Waals surface area (Å²) in [5.41, 5.74) is 0. The Labute approximate surface area is 221 Å². The number of aldehydes is 1. The van der Waals surface area contributed by atoms with Crippen LogP contribution in [0.4, 0.5) is 0 Å². The molecule has 0 aromatic heterocycles. The van der Waals surface area contributed by atoms with E-state index in [-0.39, 0.29) is 11.7 Å². The lowest BCUT2D eigenvalue weighted by atomic mass is 9.94. The Hall–Kier alpha value is -0.660. The maximum Gasteiger partial charge on any atom is 0.143 e. The zero-order chi connectivity index (χ0) is 25.7. The Morgan fingerprint density at radius 1 is 0.457 bits per heavy atom. The number of carbonyl (C=O) groups excluding carboxylic acids is 2. The smallest absolute Gasteiger partial charge is 0.143 e. The molecule has 0 bridgehead atoms.